The van der Waals surface area contributed by atoms with Crippen LogP contribution in [0, 0.1) is 30.1 Å². The topological polar surface area (TPSA) is 35.8 Å². The van der Waals surface area contributed by atoms with Gasteiger partial charge in [-0.15, -0.1) is 0 Å². The van der Waals surface area contributed by atoms with Gasteiger partial charge in [-0.2, -0.15) is 5.26 Å². The molecule has 0 aliphatic heterocycles. The first-order valence-corrected chi connectivity index (χ1v) is 7.14. The number of fused-ring (bicyclic) bond motifs is 1. The van der Waals surface area contributed by atoms with Crippen molar-refractivity contribution >= 4 is 10.8 Å². The van der Waals surface area contributed by atoms with Gasteiger partial charge in [0, 0.05) is 6.04 Å². The Morgan fingerprint density at radius 2 is 1.70 bits per heavy atom. The first-order chi connectivity index (χ1) is 9.56. The zero-order chi connectivity index (χ0) is 14.7. The van der Waals surface area contributed by atoms with Gasteiger partial charge in [0.2, 0.25) is 0 Å². The lowest BCUT2D eigenvalue weighted by Crippen LogP contribution is -2.27. The molecule has 20 heavy (non-hydrogen) atoms. The van der Waals surface area contributed by atoms with Crippen molar-refractivity contribution in [3.8, 4) is 6.07 Å². The van der Waals surface area contributed by atoms with Crippen LogP contribution in [0.4, 0.5) is 0 Å². The summed E-state index contributed by atoms with van der Waals surface area (Å²) in [5.41, 5.74) is 2.46. The maximum Gasteiger partial charge on any atom is 0.0681 e. The largest absolute Gasteiger partial charge is 0.312 e. The van der Waals surface area contributed by atoms with E-state index in [1.807, 2.05) is 7.05 Å². The minimum Gasteiger partial charge on any atom is -0.312 e. The predicted molar refractivity (Wildman–Crippen MR) is 84.4 cm³/mol. The number of hydrogen-bond donors (Lipinski definition) is 1. The van der Waals surface area contributed by atoms with E-state index in [1.165, 1.54) is 21.9 Å². The van der Waals surface area contributed by atoms with E-state index in [4.69, 9.17) is 0 Å². The standard InChI is InChI=1S/C18H22N2/c1-12(2)17(11-19)18(20-4)16-8-7-14-9-13(3)5-6-15(14)10-16/h5-10,12,17-18,20H,1-4H3. The zero-order valence-corrected chi connectivity index (χ0v) is 12.6. The fourth-order valence-electron chi connectivity index (χ4n) is 2.74. The number of nitrogens with one attached hydrogen (secondary N) is 1. The van der Waals surface area contributed by atoms with Gasteiger partial charge >= 0.3 is 0 Å². The Kier molecular flexibility index (Phi) is 4.42. The van der Waals surface area contributed by atoms with Crippen molar-refractivity contribution in [2.24, 2.45) is 11.8 Å². The molecule has 2 atom stereocenters. The molecule has 2 rings (SSSR count). The molecule has 0 saturated heterocycles. The second kappa shape index (κ2) is 6.07. The number of nitrogens with zero attached hydrogens (tertiary/aromatic N) is 1. The molecule has 104 valence electrons. The SMILES string of the molecule is CNC(c1ccc2cc(C)ccc2c1)C(C#N)C(C)C. The lowest BCUT2D eigenvalue weighted by atomic mass is 9.85. The quantitative estimate of drug-likeness (QED) is 0.900. The van der Waals surface area contributed by atoms with Crippen LogP contribution < -0.4 is 5.32 Å². The molecule has 0 heterocycles. The third-order valence-electron chi connectivity index (χ3n) is 3.92. The summed E-state index contributed by atoms with van der Waals surface area (Å²) < 4.78 is 0. The van der Waals surface area contributed by atoms with Crippen LogP contribution in [0.25, 0.3) is 10.8 Å². The molecule has 0 amide bonds. The number of nitriles is 1. The van der Waals surface area contributed by atoms with Gasteiger partial charge in [-0.25, -0.2) is 0 Å². The van der Waals surface area contributed by atoms with Gasteiger partial charge in [-0.05, 0) is 42.3 Å². The van der Waals surface area contributed by atoms with E-state index in [9.17, 15) is 5.26 Å². The van der Waals surface area contributed by atoms with Gasteiger partial charge in [0.05, 0.1) is 12.0 Å². The summed E-state index contributed by atoms with van der Waals surface area (Å²) in [6, 6.07) is 15.5. The van der Waals surface area contributed by atoms with Crippen LogP contribution in [0.3, 0.4) is 0 Å². The van der Waals surface area contributed by atoms with Crippen LogP contribution in [0.2, 0.25) is 0 Å². The van der Waals surface area contributed by atoms with E-state index >= 15 is 0 Å². The smallest absolute Gasteiger partial charge is 0.0681 e. The highest BCUT2D eigenvalue weighted by Gasteiger charge is 2.24. The Labute approximate surface area is 121 Å². The molecule has 2 heteroatoms. The Morgan fingerprint density at radius 1 is 1.05 bits per heavy atom. The Hall–Kier alpha value is -1.85. The van der Waals surface area contributed by atoms with Gasteiger partial charge in [0.1, 0.15) is 0 Å². The molecule has 0 aromatic heterocycles. The van der Waals surface area contributed by atoms with Crippen molar-refractivity contribution in [3.05, 3.63) is 47.5 Å². The summed E-state index contributed by atoms with van der Waals surface area (Å²) in [6.07, 6.45) is 0. The monoisotopic (exact) mass is 266 g/mol. The van der Waals surface area contributed by atoms with Crippen LogP contribution in [0.15, 0.2) is 36.4 Å². The fourth-order valence-corrected chi connectivity index (χ4v) is 2.74. The molecular weight excluding hydrogens is 244 g/mol. The molecular formula is C18H22N2. The lowest BCUT2D eigenvalue weighted by molar-refractivity contribution is 0.363. The molecule has 2 aromatic rings. The van der Waals surface area contributed by atoms with Crippen molar-refractivity contribution < 1.29 is 0 Å². The lowest BCUT2D eigenvalue weighted by Gasteiger charge is -2.25. The minimum absolute atomic E-state index is 0.0251. The average molecular weight is 266 g/mol. The first-order valence-electron chi connectivity index (χ1n) is 7.14. The Morgan fingerprint density at radius 3 is 2.30 bits per heavy atom. The third-order valence-corrected chi connectivity index (χ3v) is 3.92. The number of rotatable bonds is 4. The zero-order valence-electron chi connectivity index (χ0n) is 12.6. The Bertz CT molecular complexity index is 637. The normalized spacial score (nSPS) is 14.2. The van der Waals surface area contributed by atoms with Gasteiger partial charge in [-0.1, -0.05) is 49.7 Å². The molecule has 0 aliphatic carbocycles. The van der Waals surface area contributed by atoms with Crippen molar-refractivity contribution in [1.29, 1.82) is 5.26 Å². The van der Waals surface area contributed by atoms with E-state index in [2.05, 4.69) is 68.6 Å². The van der Waals surface area contributed by atoms with Gasteiger partial charge < -0.3 is 5.32 Å². The average Bonchev–Trinajstić information content (AvgIpc) is 2.43. The molecule has 1 N–H and O–H groups in total. The highest BCUT2D eigenvalue weighted by atomic mass is 14.9. The summed E-state index contributed by atoms with van der Waals surface area (Å²) in [5, 5.41) is 15.2. The maximum absolute atomic E-state index is 9.42. The van der Waals surface area contributed by atoms with E-state index < -0.39 is 0 Å². The highest BCUT2D eigenvalue weighted by molar-refractivity contribution is 5.83. The molecule has 0 saturated carbocycles. The number of hydrogen-bond acceptors (Lipinski definition) is 2. The molecule has 2 unspecified atom stereocenters. The predicted octanol–water partition coefficient (Wildman–Crippen LogP) is 4.20. The Balaban J connectivity index is 2.45. The first kappa shape index (κ1) is 14.6. The maximum atomic E-state index is 9.42. The van der Waals surface area contributed by atoms with Gasteiger partial charge in [0.25, 0.3) is 0 Å². The summed E-state index contributed by atoms with van der Waals surface area (Å²) >= 11 is 0. The van der Waals surface area contributed by atoms with Crippen LogP contribution in [-0.2, 0) is 0 Å². The highest BCUT2D eigenvalue weighted by Crippen LogP contribution is 2.29. The van der Waals surface area contributed by atoms with Crippen LogP contribution in [0.5, 0.6) is 0 Å². The van der Waals surface area contributed by atoms with Crippen molar-refractivity contribution in [1.82, 2.24) is 5.32 Å². The van der Waals surface area contributed by atoms with E-state index in [0.29, 0.717) is 5.92 Å². The molecule has 0 fully saturated rings. The molecule has 0 bridgehead atoms. The molecule has 2 nitrogen and oxygen atoms in total. The van der Waals surface area contributed by atoms with Crippen molar-refractivity contribution in [3.63, 3.8) is 0 Å². The van der Waals surface area contributed by atoms with Crippen molar-refractivity contribution in [2.75, 3.05) is 7.05 Å². The second-order valence-corrected chi connectivity index (χ2v) is 5.78. The molecule has 0 spiro atoms. The van der Waals surface area contributed by atoms with Gasteiger partial charge in [0.15, 0.2) is 0 Å². The fraction of sp³-hybridized carbons (Fsp3) is 0.389. The number of aryl methyl sites for hydroxylation is 1. The summed E-state index contributed by atoms with van der Waals surface area (Å²) in [4.78, 5) is 0. The van der Waals surface area contributed by atoms with Crippen LogP contribution in [-0.4, -0.2) is 7.05 Å². The minimum atomic E-state index is -0.0251. The summed E-state index contributed by atoms with van der Waals surface area (Å²) in [5.74, 6) is 0.300. The van der Waals surface area contributed by atoms with E-state index in [-0.39, 0.29) is 12.0 Å². The molecule has 2 aromatic carbocycles. The summed E-state index contributed by atoms with van der Waals surface area (Å²) in [6.45, 7) is 6.31. The third kappa shape index (κ3) is 2.84. The van der Waals surface area contributed by atoms with E-state index in [1.54, 1.807) is 0 Å². The summed E-state index contributed by atoms with van der Waals surface area (Å²) in [7, 11) is 1.93. The van der Waals surface area contributed by atoms with Crippen LogP contribution in [0.1, 0.15) is 31.0 Å². The van der Waals surface area contributed by atoms with Crippen LogP contribution >= 0.6 is 0 Å². The van der Waals surface area contributed by atoms with E-state index in [0.717, 1.165) is 0 Å². The van der Waals surface area contributed by atoms with Gasteiger partial charge in [-0.3, -0.25) is 0 Å². The second-order valence-electron chi connectivity index (χ2n) is 5.78. The molecule has 0 radical (unpaired) electrons. The number of benzene rings is 2. The molecule has 0 aliphatic rings. The van der Waals surface area contributed by atoms with Crippen molar-refractivity contribution in [2.45, 2.75) is 26.8 Å².